The smallest absolute Gasteiger partial charge is 0.222 e. The second-order valence-corrected chi connectivity index (χ2v) is 6.75. The van der Waals surface area contributed by atoms with Crippen molar-refractivity contribution < 1.29 is 9.47 Å². The standard InChI is InChI=1S/C21H24N4O2/c1-26-18-12-16-17(13-19(18)27-14-15-8-4-2-5-9-15)23-21(22)24-20(16)25-10-6-3-7-11-25/h2,4-5,8-9,12-13H,3,6-7,10-11,14H2,1H3,(H2,22,23,24). The van der Waals surface area contributed by atoms with Gasteiger partial charge in [-0.1, -0.05) is 30.3 Å². The van der Waals surface area contributed by atoms with Crippen LogP contribution >= 0.6 is 0 Å². The third-order valence-corrected chi connectivity index (χ3v) is 4.87. The van der Waals surface area contributed by atoms with E-state index in [0.717, 1.165) is 35.4 Å². The Bertz CT molecular complexity index is 924. The Kier molecular flexibility index (Phi) is 4.96. The lowest BCUT2D eigenvalue weighted by Crippen LogP contribution is -2.30. The lowest BCUT2D eigenvalue weighted by Gasteiger charge is -2.28. The first-order valence-electron chi connectivity index (χ1n) is 9.31. The zero-order chi connectivity index (χ0) is 18.6. The molecule has 1 saturated heterocycles. The minimum atomic E-state index is 0.280. The maximum absolute atomic E-state index is 6.01. The van der Waals surface area contributed by atoms with Gasteiger partial charge in [0.1, 0.15) is 12.4 Å². The molecule has 140 valence electrons. The Morgan fingerprint density at radius 2 is 1.78 bits per heavy atom. The van der Waals surface area contributed by atoms with Crippen molar-refractivity contribution in [2.24, 2.45) is 0 Å². The molecule has 0 unspecified atom stereocenters. The fourth-order valence-corrected chi connectivity index (χ4v) is 3.49. The van der Waals surface area contributed by atoms with Crippen LogP contribution in [0.3, 0.4) is 0 Å². The van der Waals surface area contributed by atoms with Crippen molar-refractivity contribution in [1.29, 1.82) is 0 Å². The largest absolute Gasteiger partial charge is 0.493 e. The van der Waals surface area contributed by atoms with Gasteiger partial charge in [0.2, 0.25) is 5.95 Å². The molecular formula is C21H24N4O2. The van der Waals surface area contributed by atoms with E-state index in [1.165, 1.54) is 19.3 Å². The van der Waals surface area contributed by atoms with Gasteiger partial charge in [-0.15, -0.1) is 0 Å². The predicted octanol–water partition coefficient (Wildman–Crippen LogP) is 3.79. The van der Waals surface area contributed by atoms with Crippen LogP contribution in [0.1, 0.15) is 24.8 Å². The van der Waals surface area contributed by atoms with E-state index >= 15 is 0 Å². The molecule has 2 aromatic carbocycles. The summed E-state index contributed by atoms with van der Waals surface area (Å²) in [6, 6.07) is 13.9. The summed E-state index contributed by atoms with van der Waals surface area (Å²) >= 11 is 0. The fraction of sp³-hybridized carbons (Fsp3) is 0.333. The number of methoxy groups -OCH3 is 1. The van der Waals surface area contributed by atoms with E-state index in [0.29, 0.717) is 18.1 Å². The lowest BCUT2D eigenvalue weighted by molar-refractivity contribution is 0.285. The van der Waals surface area contributed by atoms with Crippen LogP contribution in [0.4, 0.5) is 11.8 Å². The number of nitrogens with zero attached hydrogens (tertiary/aromatic N) is 3. The van der Waals surface area contributed by atoms with Crippen LogP contribution in [-0.2, 0) is 6.61 Å². The summed E-state index contributed by atoms with van der Waals surface area (Å²) in [5.41, 5.74) is 7.86. The first-order chi connectivity index (χ1) is 13.2. The first kappa shape index (κ1) is 17.4. The monoisotopic (exact) mass is 364 g/mol. The highest BCUT2D eigenvalue weighted by Crippen LogP contribution is 2.36. The van der Waals surface area contributed by atoms with Crippen LogP contribution in [0.2, 0.25) is 0 Å². The van der Waals surface area contributed by atoms with Gasteiger partial charge in [0.15, 0.2) is 11.5 Å². The summed E-state index contributed by atoms with van der Waals surface area (Å²) in [4.78, 5) is 11.2. The zero-order valence-corrected chi connectivity index (χ0v) is 15.5. The summed E-state index contributed by atoms with van der Waals surface area (Å²) in [7, 11) is 1.65. The molecule has 0 saturated carbocycles. The SMILES string of the molecule is COc1cc2c(N3CCCCC3)nc(N)nc2cc1OCc1ccccc1. The Hall–Kier alpha value is -3.02. The number of benzene rings is 2. The minimum Gasteiger partial charge on any atom is -0.493 e. The molecule has 2 heterocycles. The van der Waals surface area contributed by atoms with E-state index < -0.39 is 0 Å². The van der Waals surface area contributed by atoms with Crippen LogP contribution in [0.25, 0.3) is 10.9 Å². The van der Waals surface area contributed by atoms with Gasteiger partial charge in [-0.3, -0.25) is 0 Å². The highest BCUT2D eigenvalue weighted by molar-refractivity contribution is 5.93. The van der Waals surface area contributed by atoms with Crippen molar-refractivity contribution in [3.05, 3.63) is 48.0 Å². The molecule has 1 fully saturated rings. The van der Waals surface area contributed by atoms with Crippen molar-refractivity contribution in [3.63, 3.8) is 0 Å². The van der Waals surface area contributed by atoms with Gasteiger partial charge in [-0.2, -0.15) is 4.98 Å². The van der Waals surface area contributed by atoms with Gasteiger partial charge in [0.05, 0.1) is 12.6 Å². The van der Waals surface area contributed by atoms with Gasteiger partial charge in [0.25, 0.3) is 0 Å². The van der Waals surface area contributed by atoms with Crippen molar-refractivity contribution >= 4 is 22.7 Å². The molecule has 1 aliphatic heterocycles. The van der Waals surface area contributed by atoms with E-state index in [2.05, 4.69) is 14.9 Å². The molecule has 4 rings (SSSR count). The summed E-state index contributed by atoms with van der Waals surface area (Å²) in [5.74, 6) is 2.48. The van der Waals surface area contributed by atoms with E-state index in [1.54, 1.807) is 7.11 Å². The molecule has 0 atom stereocenters. The molecule has 3 aromatic rings. The van der Waals surface area contributed by atoms with Gasteiger partial charge >= 0.3 is 0 Å². The first-order valence-corrected chi connectivity index (χ1v) is 9.31. The second kappa shape index (κ2) is 7.70. The number of nitrogen functional groups attached to an aromatic ring is 1. The Labute approximate surface area is 158 Å². The Morgan fingerprint density at radius 1 is 1.00 bits per heavy atom. The summed E-state index contributed by atoms with van der Waals surface area (Å²) in [6.07, 6.45) is 3.59. The van der Waals surface area contributed by atoms with Crippen LogP contribution in [0.5, 0.6) is 11.5 Å². The van der Waals surface area contributed by atoms with Gasteiger partial charge in [-0.25, -0.2) is 4.98 Å². The van der Waals surface area contributed by atoms with Crippen molar-refractivity contribution in [3.8, 4) is 11.5 Å². The normalized spacial score (nSPS) is 14.3. The Morgan fingerprint density at radius 3 is 2.52 bits per heavy atom. The average molecular weight is 364 g/mol. The molecule has 0 amide bonds. The molecule has 0 spiro atoms. The van der Waals surface area contributed by atoms with Crippen LogP contribution in [0.15, 0.2) is 42.5 Å². The van der Waals surface area contributed by atoms with Crippen LogP contribution in [0, 0.1) is 0 Å². The van der Waals surface area contributed by atoms with Gasteiger partial charge in [0, 0.05) is 24.5 Å². The predicted molar refractivity (Wildman–Crippen MR) is 107 cm³/mol. The third kappa shape index (κ3) is 3.74. The van der Waals surface area contributed by atoms with Crippen molar-refractivity contribution in [2.45, 2.75) is 25.9 Å². The molecule has 6 nitrogen and oxygen atoms in total. The summed E-state index contributed by atoms with van der Waals surface area (Å²) in [6.45, 7) is 2.43. The molecule has 0 bridgehead atoms. The van der Waals surface area contributed by atoms with Crippen molar-refractivity contribution in [1.82, 2.24) is 9.97 Å². The van der Waals surface area contributed by atoms with E-state index in [-0.39, 0.29) is 5.95 Å². The molecule has 0 radical (unpaired) electrons. The minimum absolute atomic E-state index is 0.280. The van der Waals surface area contributed by atoms with E-state index in [9.17, 15) is 0 Å². The number of hydrogen-bond donors (Lipinski definition) is 1. The number of hydrogen-bond acceptors (Lipinski definition) is 6. The summed E-state index contributed by atoms with van der Waals surface area (Å²) in [5, 5.41) is 0.940. The molecule has 6 heteroatoms. The third-order valence-electron chi connectivity index (χ3n) is 4.87. The zero-order valence-electron chi connectivity index (χ0n) is 15.5. The molecule has 2 N–H and O–H groups in total. The molecule has 1 aromatic heterocycles. The average Bonchev–Trinajstić information content (AvgIpc) is 2.72. The van der Waals surface area contributed by atoms with Crippen LogP contribution in [-0.4, -0.2) is 30.2 Å². The number of anilines is 2. The van der Waals surface area contributed by atoms with Crippen molar-refractivity contribution in [2.75, 3.05) is 30.8 Å². The molecule has 27 heavy (non-hydrogen) atoms. The number of piperidine rings is 1. The molecular weight excluding hydrogens is 340 g/mol. The highest BCUT2D eigenvalue weighted by atomic mass is 16.5. The number of fused-ring (bicyclic) bond motifs is 1. The quantitative estimate of drug-likeness (QED) is 0.742. The fourth-order valence-electron chi connectivity index (χ4n) is 3.49. The van der Waals surface area contributed by atoms with E-state index in [1.807, 2.05) is 42.5 Å². The second-order valence-electron chi connectivity index (χ2n) is 6.75. The topological polar surface area (TPSA) is 73.5 Å². The lowest BCUT2D eigenvalue weighted by atomic mass is 10.1. The Balaban J connectivity index is 1.71. The van der Waals surface area contributed by atoms with Crippen LogP contribution < -0.4 is 20.1 Å². The number of rotatable bonds is 5. The summed E-state index contributed by atoms with van der Waals surface area (Å²) < 4.78 is 11.6. The maximum atomic E-state index is 6.01. The molecule has 0 aliphatic carbocycles. The molecule has 1 aliphatic rings. The number of aromatic nitrogens is 2. The van der Waals surface area contributed by atoms with E-state index in [4.69, 9.17) is 15.2 Å². The highest BCUT2D eigenvalue weighted by Gasteiger charge is 2.19. The van der Waals surface area contributed by atoms with Gasteiger partial charge in [-0.05, 0) is 30.9 Å². The number of nitrogens with two attached hydrogens (primary N) is 1. The maximum Gasteiger partial charge on any atom is 0.222 e. The van der Waals surface area contributed by atoms with Gasteiger partial charge < -0.3 is 20.1 Å². The number of ether oxygens (including phenoxy) is 2.